The van der Waals surface area contributed by atoms with Crippen LogP contribution in [0.4, 0.5) is 5.69 Å². The first-order valence-corrected chi connectivity index (χ1v) is 9.90. The van der Waals surface area contributed by atoms with Crippen molar-refractivity contribution >= 4 is 28.3 Å². The Morgan fingerprint density at radius 1 is 1.07 bits per heavy atom. The van der Waals surface area contributed by atoms with Crippen LogP contribution in [0.25, 0.3) is 0 Å². The van der Waals surface area contributed by atoms with Crippen molar-refractivity contribution in [1.82, 2.24) is 0 Å². The summed E-state index contributed by atoms with van der Waals surface area (Å²) in [6, 6.07) is 18.8. The minimum Gasteiger partial charge on any atom is -0.618 e. The lowest BCUT2D eigenvalue weighted by Crippen LogP contribution is -2.28. The van der Waals surface area contributed by atoms with Crippen LogP contribution in [-0.4, -0.2) is 32.4 Å². The largest absolute Gasteiger partial charge is 0.618 e. The molecule has 0 saturated carbocycles. The van der Waals surface area contributed by atoms with Crippen molar-refractivity contribution < 1.29 is 13.7 Å². The lowest BCUT2D eigenvalue weighted by Gasteiger charge is -2.16. The quantitative estimate of drug-likeness (QED) is 0.243. The zero-order chi connectivity index (χ0) is 19.9. The van der Waals surface area contributed by atoms with E-state index in [0.717, 1.165) is 10.3 Å². The average molecular weight is 387 g/mol. The third-order valence-corrected chi connectivity index (χ3v) is 5.24. The van der Waals surface area contributed by atoms with Crippen LogP contribution < -0.4 is 0 Å². The maximum atomic E-state index is 13.0. The van der Waals surface area contributed by atoms with E-state index in [0.29, 0.717) is 24.2 Å². The summed E-state index contributed by atoms with van der Waals surface area (Å²) >= 11 is 0. The van der Waals surface area contributed by atoms with Gasteiger partial charge in [0.2, 0.25) is 5.69 Å². The van der Waals surface area contributed by atoms with Gasteiger partial charge in [0, 0.05) is 18.6 Å². The van der Waals surface area contributed by atoms with Crippen LogP contribution in [0.5, 0.6) is 0 Å². The molecule has 2 aromatic rings. The monoisotopic (exact) mass is 386 g/mol. The Labute approximate surface area is 163 Å². The van der Waals surface area contributed by atoms with Crippen LogP contribution in [0.1, 0.15) is 32.8 Å². The highest BCUT2D eigenvalue weighted by Crippen LogP contribution is 2.16. The molecular weight excluding hydrogens is 360 g/mol. The van der Waals surface area contributed by atoms with Gasteiger partial charge in [0.25, 0.3) is 11.6 Å². The maximum absolute atomic E-state index is 13.0. The number of nitrogens with zero attached hydrogens (tertiary/aromatic N) is 2. The Balaban J connectivity index is 2.44. The summed E-state index contributed by atoms with van der Waals surface area (Å²) in [6.45, 7) is 5.49. The normalized spacial score (nSPS) is 14.4. The van der Waals surface area contributed by atoms with Gasteiger partial charge in [0.15, 0.2) is 0 Å². The van der Waals surface area contributed by atoms with Crippen LogP contribution in [0.15, 0.2) is 65.1 Å². The average Bonchev–Trinajstić information content (AvgIpc) is 2.67. The number of benzene rings is 2. The highest BCUT2D eigenvalue weighted by atomic mass is 32.2. The lowest BCUT2D eigenvalue weighted by molar-refractivity contribution is -0.360. The fourth-order valence-corrected chi connectivity index (χ4v) is 2.95. The van der Waals surface area contributed by atoms with Gasteiger partial charge in [-0.1, -0.05) is 48.5 Å². The van der Waals surface area contributed by atoms with Crippen LogP contribution >= 0.6 is 0 Å². The molecule has 0 spiro atoms. The summed E-state index contributed by atoms with van der Waals surface area (Å²) in [4.78, 5) is 0. The predicted octanol–water partition coefficient (Wildman–Crippen LogP) is 4.41. The van der Waals surface area contributed by atoms with Gasteiger partial charge < -0.3 is 9.94 Å². The number of ether oxygens (including phenoxy) is 1. The lowest BCUT2D eigenvalue weighted by atomic mass is 10.1. The molecule has 0 aliphatic carbocycles. The number of methoxy groups -OCH3 is 1. The Kier molecular flexibility index (Phi) is 7.30. The Morgan fingerprint density at radius 2 is 1.63 bits per heavy atom. The van der Waals surface area contributed by atoms with E-state index in [9.17, 15) is 9.42 Å². The standard InChI is InChI=1S/C21H26N2O3S/c1-21(2,3)27(25)22-20(26-4)19(16-15-17-11-7-5-8-12-17)23(24)18-13-9-6-10-14-18/h5-14H,15-16H2,1-4H3/b22-20+,23-19-/t27-/m1/s1. The number of hydrogen-bond acceptors (Lipinski definition) is 3. The molecular formula is C21H26N2O3S. The van der Waals surface area contributed by atoms with Crippen molar-refractivity contribution in [3.63, 3.8) is 0 Å². The van der Waals surface area contributed by atoms with E-state index in [1.165, 1.54) is 7.11 Å². The molecule has 0 aliphatic rings. The van der Waals surface area contributed by atoms with Crippen molar-refractivity contribution in [2.75, 3.05) is 7.11 Å². The molecule has 5 nitrogen and oxygen atoms in total. The molecule has 0 aliphatic heterocycles. The van der Waals surface area contributed by atoms with Crippen LogP contribution in [0, 0.1) is 5.21 Å². The van der Waals surface area contributed by atoms with E-state index >= 15 is 0 Å². The van der Waals surface area contributed by atoms with Crippen LogP contribution in [-0.2, 0) is 22.1 Å². The molecule has 0 heterocycles. The van der Waals surface area contributed by atoms with Gasteiger partial charge in [-0.3, -0.25) is 0 Å². The zero-order valence-corrected chi connectivity index (χ0v) is 17.0. The van der Waals surface area contributed by atoms with Crippen molar-refractivity contribution in [1.29, 1.82) is 0 Å². The van der Waals surface area contributed by atoms with E-state index in [4.69, 9.17) is 4.74 Å². The SMILES string of the molecule is COC(=N/[S@](=O)C(C)(C)C)/C(CCc1ccccc1)=[N+](\[O-])c1ccccc1. The molecule has 0 unspecified atom stereocenters. The Bertz CT molecular complexity index is 826. The molecule has 0 amide bonds. The molecule has 0 N–H and O–H groups in total. The van der Waals surface area contributed by atoms with E-state index in [-0.39, 0.29) is 5.90 Å². The van der Waals surface area contributed by atoms with Gasteiger partial charge in [0.1, 0.15) is 11.0 Å². The fraction of sp³-hybridized carbons (Fsp3) is 0.333. The van der Waals surface area contributed by atoms with Crippen molar-refractivity contribution in [2.24, 2.45) is 4.40 Å². The van der Waals surface area contributed by atoms with E-state index in [1.807, 2.05) is 57.2 Å². The molecule has 6 heteroatoms. The summed E-state index contributed by atoms with van der Waals surface area (Å²) < 4.78 is 22.3. The maximum Gasteiger partial charge on any atom is 0.293 e. The summed E-state index contributed by atoms with van der Waals surface area (Å²) in [6.07, 6.45) is 1.06. The number of hydrogen-bond donors (Lipinski definition) is 0. The molecule has 0 radical (unpaired) electrons. The number of rotatable bonds is 6. The zero-order valence-electron chi connectivity index (χ0n) is 16.2. The molecule has 0 fully saturated rings. The van der Waals surface area contributed by atoms with Crippen LogP contribution in [0.3, 0.4) is 0 Å². The number of aryl methyl sites for hydroxylation is 1. The minimum atomic E-state index is -1.53. The first-order chi connectivity index (χ1) is 12.8. The first kappa shape index (κ1) is 20.8. The second-order valence-electron chi connectivity index (χ2n) is 7.02. The minimum absolute atomic E-state index is 0.109. The second kappa shape index (κ2) is 9.46. The summed E-state index contributed by atoms with van der Waals surface area (Å²) in [5.74, 6) is 0.109. The van der Waals surface area contributed by atoms with Gasteiger partial charge >= 0.3 is 0 Å². The Hall–Kier alpha value is -2.47. The van der Waals surface area contributed by atoms with Crippen molar-refractivity contribution in [3.8, 4) is 0 Å². The smallest absolute Gasteiger partial charge is 0.293 e. The molecule has 2 rings (SSSR count). The van der Waals surface area contributed by atoms with E-state index < -0.39 is 15.7 Å². The predicted molar refractivity (Wildman–Crippen MR) is 112 cm³/mol. The van der Waals surface area contributed by atoms with Crippen molar-refractivity contribution in [3.05, 3.63) is 71.4 Å². The topological polar surface area (TPSA) is 64.7 Å². The third-order valence-electron chi connectivity index (χ3n) is 3.86. The molecule has 0 aromatic heterocycles. The van der Waals surface area contributed by atoms with Gasteiger partial charge in [-0.15, -0.1) is 4.40 Å². The summed E-state index contributed by atoms with van der Waals surface area (Å²) in [5.41, 5.74) is 1.93. The molecule has 1 atom stereocenters. The van der Waals surface area contributed by atoms with Gasteiger partial charge in [-0.05, 0) is 32.8 Å². The Morgan fingerprint density at radius 3 is 2.15 bits per heavy atom. The van der Waals surface area contributed by atoms with Gasteiger partial charge in [0.05, 0.1) is 11.9 Å². The van der Waals surface area contributed by atoms with Crippen LogP contribution in [0.2, 0.25) is 0 Å². The molecule has 2 aromatic carbocycles. The van der Waals surface area contributed by atoms with Gasteiger partial charge in [-0.2, -0.15) is 4.74 Å². The first-order valence-electron chi connectivity index (χ1n) is 8.80. The number of para-hydroxylation sites is 1. The molecule has 27 heavy (non-hydrogen) atoms. The molecule has 144 valence electrons. The fourth-order valence-electron chi connectivity index (χ4n) is 2.34. The van der Waals surface area contributed by atoms with E-state index in [2.05, 4.69) is 4.40 Å². The highest BCUT2D eigenvalue weighted by Gasteiger charge is 2.26. The summed E-state index contributed by atoms with van der Waals surface area (Å²) in [5, 5.41) is 13.0. The second-order valence-corrected chi connectivity index (χ2v) is 8.93. The van der Waals surface area contributed by atoms with Gasteiger partial charge in [-0.25, -0.2) is 4.21 Å². The summed E-state index contributed by atoms with van der Waals surface area (Å²) in [7, 11) is -0.0878. The van der Waals surface area contributed by atoms with Crippen molar-refractivity contribution in [2.45, 2.75) is 38.4 Å². The third kappa shape index (κ3) is 6.03. The highest BCUT2D eigenvalue weighted by molar-refractivity contribution is 7.85. The molecule has 0 saturated heterocycles. The van der Waals surface area contributed by atoms with E-state index in [1.54, 1.807) is 24.3 Å². The molecule has 0 bridgehead atoms.